The molecule has 1 saturated carbocycles. The summed E-state index contributed by atoms with van der Waals surface area (Å²) in [5.74, 6) is 0.864. The topological polar surface area (TPSA) is 41.1 Å². The van der Waals surface area contributed by atoms with Crippen molar-refractivity contribution >= 4 is 11.6 Å². The molecule has 3 heteroatoms. The average Bonchev–Trinajstić information content (AvgIpc) is 2.91. The third-order valence-corrected chi connectivity index (χ3v) is 3.70. The van der Waals surface area contributed by atoms with Crippen molar-refractivity contribution in [2.24, 2.45) is 5.92 Å². The van der Waals surface area contributed by atoms with E-state index in [0.717, 1.165) is 23.7 Å². The molecule has 1 aromatic rings. The second kappa shape index (κ2) is 6.43. The van der Waals surface area contributed by atoms with E-state index in [1.54, 1.807) is 7.05 Å². The summed E-state index contributed by atoms with van der Waals surface area (Å²) in [6.45, 7) is 1.03. The van der Waals surface area contributed by atoms with Crippen LogP contribution in [0.1, 0.15) is 31.2 Å². The Balaban J connectivity index is 1.95. The van der Waals surface area contributed by atoms with Crippen LogP contribution in [0.4, 0.5) is 5.69 Å². The van der Waals surface area contributed by atoms with E-state index in [1.165, 1.54) is 25.7 Å². The molecule has 2 N–H and O–H groups in total. The maximum atomic E-state index is 11.5. The van der Waals surface area contributed by atoms with Crippen LogP contribution >= 0.6 is 0 Å². The van der Waals surface area contributed by atoms with Crippen LogP contribution in [0.2, 0.25) is 0 Å². The smallest absolute Gasteiger partial charge is 0.224 e. The number of hydrogen-bond donors (Lipinski definition) is 2. The highest BCUT2D eigenvalue weighted by Gasteiger charge is 2.15. The zero-order valence-corrected chi connectivity index (χ0v) is 11.0. The van der Waals surface area contributed by atoms with Gasteiger partial charge in [-0.3, -0.25) is 4.79 Å². The summed E-state index contributed by atoms with van der Waals surface area (Å²) in [6, 6.07) is 8.09. The van der Waals surface area contributed by atoms with E-state index < -0.39 is 0 Å². The molecule has 2 rings (SSSR count). The molecule has 98 valence electrons. The van der Waals surface area contributed by atoms with E-state index in [1.807, 2.05) is 18.2 Å². The fourth-order valence-electron chi connectivity index (χ4n) is 2.58. The van der Waals surface area contributed by atoms with Gasteiger partial charge >= 0.3 is 0 Å². The van der Waals surface area contributed by atoms with Crippen LogP contribution in [-0.4, -0.2) is 19.5 Å². The number of hydrogen-bond acceptors (Lipinski definition) is 2. The molecule has 0 saturated heterocycles. The molecule has 18 heavy (non-hydrogen) atoms. The van der Waals surface area contributed by atoms with Gasteiger partial charge in [-0.05, 0) is 30.4 Å². The molecular formula is C15H22N2O. The number of nitrogens with one attached hydrogen (secondary N) is 2. The lowest BCUT2D eigenvalue weighted by Crippen LogP contribution is -2.21. The summed E-state index contributed by atoms with van der Waals surface area (Å²) in [7, 11) is 1.68. The maximum Gasteiger partial charge on any atom is 0.224 e. The van der Waals surface area contributed by atoms with Gasteiger partial charge in [-0.1, -0.05) is 31.0 Å². The minimum atomic E-state index is 0.0603. The highest BCUT2D eigenvalue weighted by atomic mass is 16.1. The summed E-state index contributed by atoms with van der Waals surface area (Å²) < 4.78 is 0. The van der Waals surface area contributed by atoms with Gasteiger partial charge in [0.2, 0.25) is 5.91 Å². The Morgan fingerprint density at radius 1 is 1.28 bits per heavy atom. The van der Waals surface area contributed by atoms with Gasteiger partial charge in [0.05, 0.1) is 6.42 Å². The Kier molecular flexibility index (Phi) is 4.62. The predicted octanol–water partition coefficient (Wildman–Crippen LogP) is 2.58. The van der Waals surface area contributed by atoms with Crippen molar-refractivity contribution in [1.82, 2.24) is 5.32 Å². The van der Waals surface area contributed by atoms with Crippen LogP contribution < -0.4 is 10.6 Å². The van der Waals surface area contributed by atoms with Crippen LogP contribution in [0.5, 0.6) is 0 Å². The fourth-order valence-corrected chi connectivity index (χ4v) is 2.58. The monoisotopic (exact) mass is 246 g/mol. The van der Waals surface area contributed by atoms with Crippen molar-refractivity contribution in [3.63, 3.8) is 0 Å². The fraction of sp³-hybridized carbons (Fsp3) is 0.533. The average molecular weight is 246 g/mol. The molecular weight excluding hydrogens is 224 g/mol. The van der Waals surface area contributed by atoms with Gasteiger partial charge in [0.25, 0.3) is 0 Å². The summed E-state index contributed by atoms with van der Waals surface area (Å²) in [4.78, 5) is 11.5. The standard InChI is InChI=1S/C15H22N2O/c1-16-15(18)10-13-8-4-5-9-14(13)17-11-12-6-2-3-7-12/h4-5,8-9,12,17H,2-3,6-7,10-11H2,1H3,(H,16,18). The molecule has 0 bridgehead atoms. The van der Waals surface area contributed by atoms with Crippen LogP contribution in [0.15, 0.2) is 24.3 Å². The normalized spacial score (nSPS) is 15.6. The first kappa shape index (κ1) is 12.9. The minimum absolute atomic E-state index is 0.0603. The van der Waals surface area contributed by atoms with Gasteiger partial charge in [0.1, 0.15) is 0 Å². The van der Waals surface area contributed by atoms with Gasteiger partial charge < -0.3 is 10.6 Å². The molecule has 1 aliphatic rings. The molecule has 0 aliphatic heterocycles. The van der Waals surface area contributed by atoms with E-state index in [-0.39, 0.29) is 5.91 Å². The molecule has 1 fully saturated rings. The molecule has 0 spiro atoms. The van der Waals surface area contributed by atoms with E-state index in [2.05, 4.69) is 16.7 Å². The number of benzene rings is 1. The number of anilines is 1. The molecule has 0 atom stereocenters. The number of para-hydroxylation sites is 1. The SMILES string of the molecule is CNC(=O)Cc1ccccc1NCC1CCCC1. The summed E-state index contributed by atoms with van der Waals surface area (Å²) in [5.41, 5.74) is 2.18. The van der Waals surface area contributed by atoms with Crippen molar-refractivity contribution in [2.75, 3.05) is 18.9 Å². The highest BCUT2D eigenvalue weighted by molar-refractivity contribution is 5.80. The largest absolute Gasteiger partial charge is 0.385 e. The quantitative estimate of drug-likeness (QED) is 0.838. The van der Waals surface area contributed by atoms with Gasteiger partial charge in [0.15, 0.2) is 0 Å². The summed E-state index contributed by atoms with van der Waals surface area (Å²) in [6.07, 6.45) is 5.86. The number of amides is 1. The van der Waals surface area contributed by atoms with Crippen LogP contribution in [0.3, 0.4) is 0 Å². The zero-order valence-electron chi connectivity index (χ0n) is 11.0. The van der Waals surface area contributed by atoms with Gasteiger partial charge in [0, 0.05) is 19.3 Å². The third-order valence-electron chi connectivity index (χ3n) is 3.70. The second-order valence-corrected chi connectivity index (χ2v) is 5.04. The van der Waals surface area contributed by atoms with Crippen LogP contribution in [0.25, 0.3) is 0 Å². The summed E-state index contributed by atoms with van der Waals surface area (Å²) >= 11 is 0. The van der Waals surface area contributed by atoms with Crippen molar-refractivity contribution in [3.05, 3.63) is 29.8 Å². The Labute approximate surface area is 109 Å². The Morgan fingerprint density at radius 2 is 2.00 bits per heavy atom. The number of carbonyl (C=O) groups excluding carboxylic acids is 1. The van der Waals surface area contributed by atoms with E-state index >= 15 is 0 Å². The molecule has 0 unspecified atom stereocenters. The van der Waals surface area contributed by atoms with Crippen LogP contribution in [0, 0.1) is 5.92 Å². The van der Waals surface area contributed by atoms with Crippen molar-refractivity contribution in [2.45, 2.75) is 32.1 Å². The highest BCUT2D eigenvalue weighted by Crippen LogP contribution is 2.25. The van der Waals surface area contributed by atoms with Crippen LogP contribution in [-0.2, 0) is 11.2 Å². The number of rotatable bonds is 5. The Morgan fingerprint density at radius 3 is 2.72 bits per heavy atom. The molecule has 0 aromatic heterocycles. The van der Waals surface area contributed by atoms with Crippen molar-refractivity contribution < 1.29 is 4.79 Å². The molecule has 0 radical (unpaired) electrons. The second-order valence-electron chi connectivity index (χ2n) is 5.04. The predicted molar refractivity (Wildman–Crippen MR) is 74.7 cm³/mol. The Hall–Kier alpha value is -1.51. The Bertz CT molecular complexity index is 397. The van der Waals surface area contributed by atoms with Gasteiger partial charge in [-0.15, -0.1) is 0 Å². The third kappa shape index (κ3) is 3.49. The van der Waals surface area contributed by atoms with Crippen molar-refractivity contribution in [1.29, 1.82) is 0 Å². The van der Waals surface area contributed by atoms with E-state index in [4.69, 9.17) is 0 Å². The lowest BCUT2D eigenvalue weighted by molar-refractivity contribution is -0.119. The first-order valence-corrected chi connectivity index (χ1v) is 6.82. The van der Waals surface area contributed by atoms with E-state index in [9.17, 15) is 4.79 Å². The zero-order chi connectivity index (χ0) is 12.8. The molecule has 1 aromatic carbocycles. The first-order valence-electron chi connectivity index (χ1n) is 6.82. The van der Waals surface area contributed by atoms with E-state index in [0.29, 0.717) is 6.42 Å². The number of carbonyl (C=O) groups is 1. The lowest BCUT2D eigenvalue weighted by atomic mass is 10.1. The minimum Gasteiger partial charge on any atom is -0.385 e. The molecule has 1 aliphatic carbocycles. The number of likely N-dealkylation sites (N-methyl/N-ethyl adjacent to an activating group) is 1. The summed E-state index contributed by atoms with van der Waals surface area (Å²) in [5, 5.41) is 6.18. The lowest BCUT2D eigenvalue weighted by Gasteiger charge is -2.15. The molecule has 0 heterocycles. The molecule has 1 amide bonds. The molecule has 3 nitrogen and oxygen atoms in total. The van der Waals surface area contributed by atoms with Gasteiger partial charge in [-0.25, -0.2) is 0 Å². The first-order chi connectivity index (χ1) is 8.79. The van der Waals surface area contributed by atoms with Gasteiger partial charge in [-0.2, -0.15) is 0 Å². The maximum absolute atomic E-state index is 11.5. The van der Waals surface area contributed by atoms with Crippen molar-refractivity contribution in [3.8, 4) is 0 Å².